The van der Waals surface area contributed by atoms with Crippen molar-refractivity contribution in [2.45, 2.75) is 37.9 Å². The van der Waals surface area contributed by atoms with Crippen LogP contribution in [0.4, 0.5) is 14.9 Å². The molecule has 21 heavy (non-hydrogen) atoms. The molecule has 0 radical (unpaired) electrons. The Kier molecular flexibility index (Phi) is 3.96. The molecule has 0 spiro atoms. The highest BCUT2D eigenvalue weighted by Gasteiger charge is 2.25. The molecule has 6 heteroatoms. The molecule has 1 aliphatic carbocycles. The largest absolute Gasteiger partial charge is 0.487 e. The monoisotopic (exact) mass is 294 g/mol. The fourth-order valence-electron chi connectivity index (χ4n) is 2.47. The molecular formula is C15H19FN2O3. The van der Waals surface area contributed by atoms with Gasteiger partial charge in [-0.05, 0) is 37.8 Å². The molecule has 2 aliphatic rings. The van der Waals surface area contributed by atoms with Crippen molar-refractivity contribution < 1.29 is 19.0 Å². The summed E-state index contributed by atoms with van der Waals surface area (Å²) in [6, 6.07) is 4.11. The quantitative estimate of drug-likeness (QED) is 0.899. The summed E-state index contributed by atoms with van der Waals surface area (Å²) in [5, 5.41) is 12.0. The number of rotatable bonds is 3. The van der Waals surface area contributed by atoms with Gasteiger partial charge in [0.05, 0.1) is 12.2 Å². The normalized spacial score (nSPS) is 22.0. The van der Waals surface area contributed by atoms with E-state index in [0.29, 0.717) is 25.2 Å². The molecule has 1 saturated carbocycles. The van der Waals surface area contributed by atoms with E-state index in [4.69, 9.17) is 4.74 Å². The predicted octanol–water partition coefficient (Wildman–Crippen LogP) is 2.36. The van der Waals surface area contributed by atoms with Crippen molar-refractivity contribution in [2.75, 3.05) is 18.4 Å². The highest BCUT2D eigenvalue weighted by atomic mass is 19.1. The van der Waals surface area contributed by atoms with Gasteiger partial charge in [-0.2, -0.15) is 0 Å². The Balaban J connectivity index is 1.60. The van der Waals surface area contributed by atoms with E-state index in [0.717, 1.165) is 19.3 Å². The number of β-amino-alcohol motifs (C(OH)–C–C–N with tert-alkyl or cyclic N) is 1. The summed E-state index contributed by atoms with van der Waals surface area (Å²) in [6.07, 6.45) is 3.29. The van der Waals surface area contributed by atoms with Crippen molar-refractivity contribution in [3.63, 3.8) is 0 Å². The van der Waals surface area contributed by atoms with Gasteiger partial charge in [0, 0.05) is 24.8 Å². The van der Waals surface area contributed by atoms with Crippen molar-refractivity contribution in [3.05, 3.63) is 24.0 Å². The highest BCUT2D eigenvalue weighted by Crippen LogP contribution is 2.28. The minimum Gasteiger partial charge on any atom is -0.487 e. The van der Waals surface area contributed by atoms with Crippen LogP contribution in [-0.2, 0) is 0 Å². The van der Waals surface area contributed by atoms with Crippen LogP contribution in [0.3, 0.4) is 0 Å². The van der Waals surface area contributed by atoms with Crippen LogP contribution in [0.2, 0.25) is 0 Å². The van der Waals surface area contributed by atoms with E-state index in [2.05, 4.69) is 5.32 Å². The van der Waals surface area contributed by atoms with Crippen LogP contribution in [0.5, 0.6) is 5.75 Å². The fourth-order valence-corrected chi connectivity index (χ4v) is 2.47. The van der Waals surface area contributed by atoms with Gasteiger partial charge in [-0.3, -0.25) is 0 Å². The number of nitrogens with zero attached hydrogens (tertiary/aromatic N) is 1. The standard InChI is InChI=1S/C15H19FN2O3/c16-13-8-10(4-5-14(13)21-12-2-1-3-12)17-15(20)18-7-6-11(19)9-18/h4-5,8,11-12,19H,1-3,6-7,9H2,(H,17,20)/t11-/m0/s1. The topological polar surface area (TPSA) is 61.8 Å². The smallest absolute Gasteiger partial charge is 0.321 e. The van der Waals surface area contributed by atoms with Gasteiger partial charge >= 0.3 is 6.03 Å². The summed E-state index contributed by atoms with van der Waals surface area (Å²) < 4.78 is 19.5. The zero-order valence-corrected chi connectivity index (χ0v) is 11.7. The average molecular weight is 294 g/mol. The SMILES string of the molecule is O=C(Nc1ccc(OC2CCC2)c(F)c1)N1CC[C@H](O)C1. The number of carbonyl (C=O) groups is 1. The van der Waals surface area contributed by atoms with Crippen LogP contribution >= 0.6 is 0 Å². The number of ether oxygens (including phenoxy) is 1. The Morgan fingerprint density at radius 1 is 1.38 bits per heavy atom. The summed E-state index contributed by atoms with van der Waals surface area (Å²) in [7, 11) is 0. The molecule has 0 unspecified atom stereocenters. The number of amides is 2. The molecule has 3 rings (SSSR count). The van der Waals surface area contributed by atoms with Crippen LogP contribution in [0.1, 0.15) is 25.7 Å². The predicted molar refractivity (Wildman–Crippen MR) is 75.9 cm³/mol. The first-order valence-electron chi connectivity index (χ1n) is 7.32. The Morgan fingerprint density at radius 3 is 2.76 bits per heavy atom. The van der Waals surface area contributed by atoms with Gasteiger partial charge in [0.2, 0.25) is 0 Å². The number of hydrogen-bond donors (Lipinski definition) is 2. The second-order valence-electron chi connectivity index (χ2n) is 5.63. The van der Waals surface area contributed by atoms with Crippen molar-refractivity contribution in [1.82, 2.24) is 4.90 Å². The Morgan fingerprint density at radius 2 is 2.19 bits per heavy atom. The lowest BCUT2D eigenvalue weighted by atomic mass is 9.96. The molecule has 1 saturated heterocycles. The van der Waals surface area contributed by atoms with Crippen LogP contribution < -0.4 is 10.1 Å². The van der Waals surface area contributed by atoms with E-state index in [9.17, 15) is 14.3 Å². The molecule has 0 aromatic heterocycles. The number of benzene rings is 1. The highest BCUT2D eigenvalue weighted by molar-refractivity contribution is 5.89. The van der Waals surface area contributed by atoms with E-state index < -0.39 is 11.9 Å². The molecule has 1 aromatic rings. The number of aliphatic hydroxyl groups is 1. The van der Waals surface area contributed by atoms with E-state index in [1.165, 1.54) is 11.0 Å². The van der Waals surface area contributed by atoms with Crippen molar-refractivity contribution in [3.8, 4) is 5.75 Å². The zero-order chi connectivity index (χ0) is 14.8. The van der Waals surface area contributed by atoms with Gasteiger partial charge < -0.3 is 20.1 Å². The number of hydrogen-bond acceptors (Lipinski definition) is 3. The zero-order valence-electron chi connectivity index (χ0n) is 11.7. The lowest BCUT2D eigenvalue weighted by Gasteiger charge is -2.26. The van der Waals surface area contributed by atoms with Crippen molar-refractivity contribution in [2.24, 2.45) is 0 Å². The lowest BCUT2D eigenvalue weighted by molar-refractivity contribution is 0.115. The number of aliphatic hydroxyl groups excluding tert-OH is 1. The Hall–Kier alpha value is -1.82. The van der Waals surface area contributed by atoms with Crippen LogP contribution in [0.15, 0.2) is 18.2 Å². The van der Waals surface area contributed by atoms with Crippen LogP contribution in [0.25, 0.3) is 0 Å². The van der Waals surface area contributed by atoms with E-state index >= 15 is 0 Å². The first-order valence-corrected chi connectivity index (χ1v) is 7.32. The third-order valence-electron chi connectivity index (χ3n) is 3.98. The molecule has 1 atom stereocenters. The second kappa shape index (κ2) is 5.89. The summed E-state index contributed by atoms with van der Waals surface area (Å²) in [4.78, 5) is 13.5. The third-order valence-corrected chi connectivity index (χ3v) is 3.98. The maximum atomic E-state index is 13.9. The molecule has 114 valence electrons. The van der Waals surface area contributed by atoms with E-state index in [1.54, 1.807) is 12.1 Å². The maximum absolute atomic E-state index is 13.9. The average Bonchev–Trinajstić information content (AvgIpc) is 2.82. The minimum absolute atomic E-state index is 0.117. The molecule has 1 aromatic carbocycles. The maximum Gasteiger partial charge on any atom is 0.321 e. The molecule has 2 amide bonds. The molecule has 0 bridgehead atoms. The first kappa shape index (κ1) is 14.1. The van der Waals surface area contributed by atoms with E-state index in [1.807, 2.05) is 0 Å². The van der Waals surface area contributed by atoms with Gasteiger partial charge in [0.15, 0.2) is 11.6 Å². The van der Waals surface area contributed by atoms with Gasteiger partial charge in [-0.1, -0.05) is 0 Å². The Bertz CT molecular complexity index is 534. The molecule has 1 aliphatic heterocycles. The summed E-state index contributed by atoms with van der Waals surface area (Å²) in [6.45, 7) is 0.829. The molecule has 1 heterocycles. The van der Waals surface area contributed by atoms with Gasteiger partial charge in [-0.25, -0.2) is 9.18 Å². The van der Waals surface area contributed by atoms with Crippen LogP contribution in [0, 0.1) is 5.82 Å². The summed E-state index contributed by atoms with van der Waals surface area (Å²) in [5.74, 6) is -0.240. The number of nitrogens with one attached hydrogen (secondary N) is 1. The Labute approximate surface area is 122 Å². The van der Waals surface area contributed by atoms with Crippen molar-refractivity contribution >= 4 is 11.7 Å². The second-order valence-corrected chi connectivity index (χ2v) is 5.63. The van der Waals surface area contributed by atoms with Crippen molar-refractivity contribution in [1.29, 1.82) is 0 Å². The summed E-state index contributed by atoms with van der Waals surface area (Å²) in [5.41, 5.74) is 0.389. The van der Waals surface area contributed by atoms with Gasteiger partial charge in [0.1, 0.15) is 0 Å². The number of halogens is 1. The number of anilines is 1. The first-order chi connectivity index (χ1) is 10.1. The fraction of sp³-hybridized carbons (Fsp3) is 0.533. The molecule has 5 nitrogen and oxygen atoms in total. The molecule has 2 N–H and O–H groups in total. The third kappa shape index (κ3) is 3.26. The summed E-state index contributed by atoms with van der Waals surface area (Å²) >= 11 is 0. The molecular weight excluding hydrogens is 275 g/mol. The van der Waals surface area contributed by atoms with Gasteiger partial charge in [0.25, 0.3) is 0 Å². The number of urea groups is 1. The number of carbonyl (C=O) groups excluding carboxylic acids is 1. The number of likely N-dealkylation sites (tertiary alicyclic amines) is 1. The minimum atomic E-state index is -0.471. The lowest BCUT2D eigenvalue weighted by Crippen LogP contribution is -2.33. The van der Waals surface area contributed by atoms with Crippen LogP contribution in [-0.4, -0.2) is 41.3 Å². The van der Waals surface area contributed by atoms with E-state index in [-0.39, 0.29) is 17.9 Å². The molecule has 2 fully saturated rings. The van der Waals surface area contributed by atoms with Gasteiger partial charge in [-0.15, -0.1) is 0 Å².